The van der Waals surface area contributed by atoms with Crippen molar-refractivity contribution in [2.45, 2.75) is 18.0 Å². The largest absolute Gasteiger partial charge is 0.513 e. The van der Waals surface area contributed by atoms with Gasteiger partial charge in [-0.15, -0.1) is 0 Å². The van der Waals surface area contributed by atoms with Crippen molar-refractivity contribution in [3.05, 3.63) is 82.4 Å². The fourth-order valence-corrected chi connectivity index (χ4v) is 5.00. The molecule has 218 valence electrons. The highest BCUT2D eigenvalue weighted by Gasteiger charge is 2.35. The molecule has 0 aromatic heterocycles. The van der Waals surface area contributed by atoms with E-state index in [2.05, 4.69) is 15.3 Å². The maximum Gasteiger partial charge on any atom is 0.513 e. The number of nitrogens with one attached hydrogen (secondary N) is 1. The lowest BCUT2D eigenvalue weighted by atomic mass is 10.2. The van der Waals surface area contributed by atoms with Crippen LogP contribution in [0.25, 0.3) is 0 Å². The number of halogens is 4. The number of ether oxygens (including phenoxy) is 3. The number of hydrazone groups is 1. The average Bonchev–Trinajstić information content (AvgIpc) is 2.92. The number of aryl methyl sites for hydroxylation is 1. The summed E-state index contributed by atoms with van der Waals surface area (Å²) in [5, 5.41) is 3.14. The molecule has 0 saturated carbocycles. The molecule has 1 amide bonds. The highest BCUT2D eigenvalue weighted by atomic mass is 35.5. The Kier molecular flexibility index (Phi) is 9.83. The minimum Gasteiger partial charge on any atom is -0.493 e. The normalized spacial score (nSPS) is 11.7. The second kappa shape index (κ2) is 12.9. The van der Waals surface area contributed by atoms with Crippen LogP contribution in [0.2, 0.25) is 5.02 Å². The van der Waals surface area contributed by atoms with Crippen LogP contribution < -0.4 is 19.2 Å². The summed E-state index contributed by atoms with van der Waals surface area (Å²) >= 11 is 5.70. The quantitative estimate of drug-likeness (QED) is 0.153. The molecular formula is C26H23ClF3N3O7S. The van der Waals surface area contributed by atoms with Gasteiger partial charge in [-0.1, -0.05) is 29.3 Å². The number of carbonyl (C=O) groups excluding carboxylic acids is 2. The van der Waals surface area contributed by atoms with Crippen LogP contribution in [-0.4, -0.2) is 47.5 Å². The van der Waals surface area contributed by atoms with E-state index in [1.165, 1.54) is 55.8 Å². The van der Waals surface area contributed by atoms with E-state index in [9.17, 15) is 31.2 Å². The SMILES string of the molecule is COC(=O)Oc1ccc(/C=N\NC(=O)CN(c2ccc(Cl)c(C(F)(F)F)c2)S(=O)(=O)c2ccc(C)cc2)cc1OC. The number of methoxy groups -OCH3 is 2. The Bertz CT molecular complexity index is 1560. The summed E-state index contributed by atoms with van der Waals surface area (Å²) in [6.07, 6.45) is -4.66. The first kappa shape index (κ1) is 31.2. The van der Waals surface area contributed by atoms with Gasteiger partial charge in [0.2, 0.25) is 0 Å². The monoisotopic (exact) mass is 613 g/mol. The van der Waals surface area contributed by atoms with Crippen LogP contribution in [0, 0.1) is 6.92 Å². The Morgan fingerprint density at radius 2 is 1.71 bits per heavy atom. The molecule has 0 saturated heterocycles. The first-order valence-electron chi connectivity index (χ1n) is 11.5. The van der Waals surface area contributed by atoms with Crippen LogP contribution in [0.15, 0.2) is 70.7 Å². The van der Waals surface area contributed by atoms with Gasteiger partial charge < -0.3 is 14.2 Å². The molecule has 0 aliphatic heterocycles. The summed E-state index contributed by atoms with van der Waals surface area (Å²) in [6.45, 7) is 0.811. The highest BCUT2D eigenvalue weighted by Crippen LogP contribution is 2.38. The number of carbonyl (C=O) groups is 2. The van der Waals surface area contributed by atoms with E-state index in [0.717, 1.165) is 24.8 Å². The molecule has 10 nitrogen and oxygen atoms in total. The van der Waals surface area contributed by atoms with Gasteiger partial charge in [0, 0.05) is 0 Å². The van der Waals surface area contributed by atoms with Gasteiger partial charge in [-0.2, -0.15) is 18.3 Å². The molecule has 0 radical (unpaired) electrons. The molecule has 3 aromatic rings. The molecular weight excluding hydrogens is 591 g/mol. The minimum atomic E-state index is -4.88. The molecule has 1 N–H and O–H groups in total. The number of hydrogen-bond acceptors (Lipinski definition) is 8. The van der Waals surface area contributed by atoms with Crippen LogP contribution in [0.3, 0.4) is 0 Å². The van der Waals surface area contributed by atoms with Crippen molar-refractivity contribution >= 4 is 45.6 Å². The van der Waals surface area contributed by atoms with Crippen LogP contribution in [0.1, 0.15) is 16.7 Å². The average molecular weight is 614 g/mol. The maximum absolute atomic E-state index is 13.5. The smallest absolute Gasteiger partial charge is 0.493 e. The lowest BCUT2D eigenvalue weighted by molar-refractivity contribution is -0.137. The highest BCUT2D eigenvalue weighted by molar-refractivity contribution is 7.92. The second-order valence-corrected chi connectivity index (χ2v) is 10.5. The topological polar surface area (TPSA) is 124 Å². The minimum absolute atomic E-state index is 0.0543. The zero-order chi connectivity index (χ0) is 30.4. The first-order chi connectivity index (χ1) is 19.3. The van der Waals surface area contributed by atoms with Crippen molar-refractivity contribution in [3.8, 4) is 11.5 Å². The van der Waals surface area contributed by atoms with Gasteiger partial charge in [0.1, 0.15) is 6.54 Å². The van der Waals surface area contributed by atoms with Crippen molar-refractivity contribution in [1.29, 1.82) is 0 Å². The van der Waals surface area contributed by atoms with Crippen LogP contribution in [-0.2, 0) is 25.7 Å². The van der Waals surface area contributed by atoms with Crippen LogP contribution >= 0.6 is 11.6 Å². The summed E-state index contributed by atoms with van der Waals surface area (Å²) in [6, 6.07) is 12.3. The van der Waals surface area contributed by atoms with Crippen LogP contribution in [0.5, 0.6) is 11.5 Å². The van der Waals surface area contributed by atoms with Crippen molar-refractivity contribution < 1.29 is 45.4 Å². The first-order valence-corrected chi connectivity index (χ1v) is 13.3. The van der Waals surface area contributed by atoms with E-state index < -0.39 is 51.1 Å². The molecule has 0 aliphatic rings. The third-order valence-electron chi connectivity index (χ3n) is 5.39. The van der Waals surface area contributed by atoms with E-state index in [1.54, 1.807) is 6.92 Å². The molecule has 41 heavy (non-hydrogen) atoms. The predicted octanol–water partition coefficient (Wildman–Crippen LogP) is 5.17. The maximum atomic E-state index is 13.5. The summed E-state index contributed by atoms with van der Waals surface area (Å²) in [5.74, 6) is -0.763. The number of rotatable bonds is 9. The van der Waals surface area contributed by atoms with Crippen molar-refractivity contribution in [2.75, 3.05) is 25.1 Å². The van der Waals surface area contributed by atoms with Crippen molar-refractivity contribution in [3.63, 3.8) is 0 Å². The van der Waals surface area contributed by atoms with Crippen molar-refractivity contribution in [2.24, 2.45) is 5.10 Å². The van der Waals surface area contributed by atoms with Gasteiger partial charge in [-0.05, 0) is 61.0 Å². The van der Waals surface area contributed by atoms with Gasteiger partial charge in [0.05, 0.1) is 41.6 Å². The molecule has 3 aromatic carbocycles. The Morgan fingerprint density at radius 1 is 1.02 bits per heavy atom. The number of nitrogens with zero attached hydrogens (tertiary/aromatic N) is 2. The Morgan fingerprint density at radius 3 is 2.32 bits per heavy atom. The molecule has 0 bridgehead atoms. The molecule has 0 aliphatic carbocycles. The van der Waals surface area contributed by atoms with Gasteiger partial charge in [-0.25, -0.2) is 18.6 Å². The number of anilines is 1. The molecule has 0 heterocycles. The van der Waals surface area contributed by atoms with E-state index in [1.807, 2.05) is 0 Å². The predicted molar refractivity (Wildman–Crippen MR) is 144 cm³/mol. The van der Waals surface area contributed by atoms with E-state index in [0.29, 0.717) is 15.9 Å². The van der Waals surface area contributed by atoms with Gasteiger partial charge in [-0.3, -0.25) is 9.10 Å². The molecule has 0 unspecified atom stereocenters. The fourth-order valence-electron chi connectivity index (χ4n) is 3.36. The second-order valence-electron chi connectivity index (χ2n) is 8.25. The fraction of sp³-hybridized carbons (Fsp3) is 0.192. The molecule has 15 heteroatoms. The van der Waals surface area contributed by atoms with E-state index >= 15 is 0 Å². The van der Waals surface area contributed by atoms with Gasteiger partial charge in [0.15, 0.2) is 11.5 Å². The van der Waals surface area contributed by atoms with Gasteiger partial charge >= 0.3 is 12.3 Å². The summed E-state index contributed by atoms with van der Waals surface area (Å²) in [5.41, 5.74) is 1.57. The summed E-state index contributed by atoms with van der Waals surface area (Å²) in [7, 11) is -2.04. The van der Waals surface area contributed by atoms with Gasteiger partial charge in [0.25, 0.3) is 15.9 Å². The number of hydrogen-bond donors (Lipinski definition) is 1. The van der Waals surface area contributed by atoms with Crippen molar-refractivity contribution in [1.82, 2.24) is 5.43 Å². The summed E-state index contributed by atoms with van der Waals surface area (Å²) in [4.78, 5) is 23.9. The molecule has 0 spiro atoms. The molecule has 0 atom stereocenters. The van der Waals surface area contributed by atoms with E-state index in [-0.39, 0.29) is 16.4 Å². The zero-order valence-electron chi connectivity index (χ0n) is 21.7. The summed E-state index contributed by atoms with van der Waals surface area (Å²) < 4.78 is 82.5. The third-order valence-corrected chi connectivity index (χ3v) is 7.51. The Labute approximate surface area is 238 Å². The lowest BCUT2D eigenvalue weighted by Crippen LogP contribution is -2.39. The lowest BCUT2D eigenvalue weighted by Gasteiger charge is -2.25. The molecule has 0 fully saturated rings. The number of amides is 1. The Hall–Kier alpha value is -4.30. The number of sulfonamides is 1. The zero-order valence-corrected chi connectivity index (χ0v) is 23.3. The number of alkyl halides is 3. The standard InChI is InChI=1S/C26H23ClF3N3O7S/c1-16-4-8-19(9-5-16)41(36,37)33(18-7-10-21(27)20(13-18)26(28,29)30)15-24(34)32-31-14-17-6-11-22(23(12-17)38-2)40-25(35)39-3/h4-14H,15H2,1-3H3,(H,32,34)/b31-14-. The Balaban J connectivity index is 1.88. The third kappa shape index (κ3) is 7.89. The van der Waals surface area contributed by atoms with E-state index in [4.69, 9.17) is 21.1 Å². The van der Waals surface area contributed by atoms with Crippen LogP contribution in [0.4, 0.5) is 23.7 Å². The number of benzene rings is 3. The molecule has 3 rings (SSSR count).